The third-order valence-corrected chi connectivity index (χ3v) is 3.85. The zero-order valence-corrected chi connectivity index (χ0v) is 14.4. The van der Waals surface area contributed by atoms with E-state index in [1.54, 1.807) is 24.3 Å². The number of benzene rings is 1. The van der Waals surface area contributed by atoms with Gasteiger partial charge in [-0.2, -0.15) is 0 Å². The summed E-state index contributed by atoms with van der Waals surface area (Å²) in [5.41, 5.74) is 0.719. The summed E-state index contributed by atoms with van der Waals surface area (Å²) >= 11 is 0. The average Bonchev–Trinajstić information content (AvgIpc) is 2.42. The molecule has 1 aromatic rings. The second-order valence-electron chi connectivity index (χ2n) is 5.54. The quantitative estimate of drug-likeness (QED) is 0.652. The number of nitrogens with one attached hydrogen (secondary N) is 3. The SMILES string of the molecule is CC(C)NC(=O)Nc1ccccc1C(=O)NCCCS(C)(=O)=O. The maximum absolute atomic E-state index is 12.2. The van der Waals surface area contributed by atoms with Gasteiger partial charge in [-0.15, -0.1) is 0 Å². The number of rotatable bonds is 7. The minimum absolute atomic E-state index is 0.0178. The molecule has 23 heavy (non-hydrogen) atoms. The van der Waals surface area contributed by atoms with Gasteiger partial charge in [-0.3, -0.25) is 4.79 Å². The van der Waals surface area contributed by atoms with Crippen LogP contribution in [0.1, 0.15) is 30.6 Å². The highest BCUT2D eigenvalue weighted by Crippen LogP contribution is 2.14. The molecule has 8 heteroatoms. The van der Waals surface area contributed by atoms with Crippen LogP contribution in [0.2, 0.25) is 0 Å². The summed E-state index contributed by atoms with van der Waals surface area (Å²) in [5.74, 6) is -0.344. The molecular weight excluding hydrogens is 318 g/mol. The first kappa shape index (κ1) is 19.0. The molecule has 0 aromatic heterocycles. The van der Waals surface area contributed by atoms with Crippen molar-refractivity contribution in [3.05, 3.63) is 29.8 Å². The van der Waals surface area contributed by atoms with Gasteiger partial charge in [0, 0.05) is 18.8 Å². The van der Waals surface area contributed by atoms with Crippen molar-refractivity contribution >= 4 is 27.5 Å². The Balaban J connectivity index is 2.65. The van der Waals surface area contributed by atoms with E-state index < -0.39 is 15.9 Å². The first-order valence-corrected chi connectivity index (χ1v) is 9.37. The van der Waals surface area contributed by atoms with Crippen molar-refractivity contribution in [2.45, 2.75) is 26.3 Å². The molecule has 0 fully saturated rings. The summed E-state index contributed by atoms with van der Waals surface area (Å²) in [7, 11) is -3.04. The third-order valence-electron chi connectivity index (χ3n) is 2.82. The summed E-state index contributed by atoms with van der Waals surface area (Å²) in [6, 6.07) is 6.22. The van der Waals surface area contributed by atoms with E-state index in [0.29, 0.717) is 17.7 Å². The number of carbonyl (C=O) groups is 2. The van der Waals surface area contributed by atoms with Crippen molar-refractivity contribution in [1.82, 2.24) is 10.6 Å². The lowest BCUT2D eigenvalue weighted by Gasteiger charge is -2.13. The number of para-hydroxylation sites is 1. The Morgan fingerprint density at radius 3 is 2.43 bits per heavy atom. The standard InChI is InChI=1S/C15H23N3O4S/c1-11(2)17-15(20)18-13-8-5-4-7-12(13)14(19)16-9-6-10-23(3,21)22/h4-5,7-8,11H,6,9-10H2,1-3H3,(H,16,19)(H2,17,18,20). The predicted molar refractivity (Wildman–Crippen MR) is 90.4 cm³/mol. The van der Waals surface area contributed by atoms with Crippen molar-refractivity contribution in [3.63, 3.8) is 0 Å². The zero-order chi connectivity index (χ0) is 17.5. The summed E-state index contributed by atoms with van der Waals surface area (Å²) in [6.07, 6.45) is 1.50. The fourth-order valence-electron chi connectivity index (χ4n) is 1.84. The second-order valence-corrected chi connectivity index (χ2v) is 7.80. The lowest BCUT2D eigenvalue weighted by Crippen LogP contribution is -2.35. The molecule has 0 saturated carbocycles. The van der Waals surface area contributed by atoms with Crippen LogP contribution in [0.4, 0.5) is 10.5 Å². The number of anilines is 1. The number of hydrogen-bond acceptors (Lipinski definition) is 4. The van der Waals surface area contributed by atoms with Gasteiger partial charge in [0.15, 0.2) is 0 Å². The fourth-order valence-corrected chi connectivity index (χ4v) is 2.51. The molecule has 7 nitrogen and oxygen atoms in total. The van der Waals surface area contributed by atoms with Crippen molar-refractivity contribution in [3.8, 4) is 0 Å². The predicted octanol–water partition coefficient (Wildman–Crippen LogP) is 1.38. The van der Waals surface area contributed by atoms with Gasteiger partial charge in [-0.25, -0.2) is 13.2 Å². The van der Waals surface area contributed by atoms with Crippen LogP contribution in [0.5, 0.6) is 0 Å². The van der Waals surface area contributed by atoms with Crippen molar-refractivity contribution in [1.29, 1.82) is 0 Å². The molecule has 1 aromatic carbocycles. The van der Waals surface area contributed by atoms with Crippen molar-refractivity contribution in [2.24, 2.45) is 0 Å². The minimum atomic E-state index is -3.04. The highest BCUT2D eigenvalue weighted by atomic mass is 32.2. The number of urea groups is 1. The van der Waals surface area contributed by atoms with Crippen LogP contribution in [0.3, 0.4) is 0 Å². The van der Waals surface area contributed by atoms with Gasteiger partial charge >= 0.3 is 6.03 Å². The number of sulfone groups is 1. The van der Waals surface area contributed by atoms with Crippen LogP contribution in [0.15, 0.2) is 24.3 Å². The van der Waals surface area contributed by atoms with E-state index >= 15 is 0 Å². The monoisotopic (exact) mass is 341 g/mol. The molecule has 3 N–H and O–H groups in total. The van der Waals surface area contributed by atoms with Crippen LogP contribution in [0.25, 0.3) is 0 Å². The van der Waals surface area contributed by atoms with Crippen LogP contribution < -0.4 is 16.0 Å². The topological polar surface area (TPSA) is 104 Å². The summed E-state index contributed by atoms with van der Waals surface area (Å²) in [4.78, 5) is 23.9. The Morgan fingerprint density at radius 1 is 1.17 bits per heavy atom. The largest absolute Gasteiger partial charge is 0.352 e. The van der Waals surface area contributed by atoms with Crippen molar-refractivity contribution < 1.29 is 18.0 Å². The molecule has 0 bridgehead atoms. The zero-order valence-electron chi connectivity index (χ0n) is 13.5. The molecular formula is C15H23N3O4S. The molecule has 0 atom stereocenters. The fraction of sp³-hybridized carbons (Fsp3) is 0.467. The Kier molecular flexibility index (Phi) is 7.02. The number of hydrogen-bond donors (Lipinski definition) is 3. The highest BCUT2D eigenvalue weighted by molar-refractivity contribution is 7.90. The molecule has 128 valence electrons. The Morgan fingerprint density at radius 2 is 1.83 bits per heavy atom. The Bertz CT molecular complexity index is 656. The highest BCUT2D eigenvalue weighted by Gasteiger charge is 2.13. The van der Waals surface area contributed by atoms with Crippen LogP contribution in [-0.4, -0.2) is 45.0 Å². The van der Waals surface area contributed by atoms with Gasteiger partial charge in [0.1, 0.15) is 9.84 Å². The molecule has 0 radical (unpaired) electrons. The van der Waals surface area contributed by atoms with E-state index in [-0.39, 0.29) is 24.2 Å². The van der Waals surface area contributed by atoms with E-state index in [1.807, 2.05) is 13.8 Å². The van der Waals surface area contributed by atoms with Gasteiger partial charge in [-0.1, -0.05) is 12.1 Å². The molecule has 0 spiro atoms. The molecule has 0 saturated heterocycles. The van der Waals surface area contributed by atoms with E-state index in [1.165, 1.54) is 0 Å². The molecule has 0 heterocycles. The first-order valence-electron chi connectivity index (χ1n) is 7.31. The van der Waals surface area contributed by atoms with Gasteiger partial charge in [0.2, 0.25) is 0 Å². The van der Waals surface area contributed by atoms with Crippen LogP contribution in [0, 0.1) is 0 Å². The van der Waals surface area contributed by atoms with E-state index in [0.717, 1.165) is 6.26 Å². The summed E-state index contributed by atoms with van der Waals surface area (Å²) in [6.45, 7) is 3.92. The van der Waals surface area contributed by atoms with Gasteiger partial charge in [0.25, 0.3) is 5.91 Å². The molecule has 0 aliphatic carbocycles. The summed E-state index contributed by atoms with van der Waals surface area (Å²) < 4.78 is 22.1. The van der Waals surface area contributed by atoms with Crippen molar-refractivity contribution in [2.75, 3.05) is 23.9 Å². The van der Waals surface area contributed by atoms with Gasteiger partial charge in [-0.05, 0) is 32.4 Å². The molecule has 0 aliphatic heterocycles. The average molecular weight is 341 g/mol. The molecule has 3 amide bonds. The normalized spacial score (nSPS) is 11.1. The lowest BCUT2D eigenvalue weighted by molar-refractivity contribution is 0.0954. The molecule has 0 aliphatic rings. The third kappa shape index (κ3) is 7.64. The summed E-state index contributed by atoms with van der Waals surface area (Å²) in [5, 5.41) is 7.96. The Hall–Kier alpha value is -2.09. The van der Waals surface area contributed by atoms with Crippen LogP contribution >= 0.6 is 0 Å². The van der Waals surface area contributed by atoms with Crippen LogP contribution in [-0.2, 0) is 9.84 Å². The smallest absolute Gasteiger partial charge is 0.319 e. The van der Waals surface area contributed by atoms with Gasteiger partial charge < -0.3 is 16.0 Å². The number of amides is 3. The second kappa shape index (κ2) is 8.52. The maximum atomic E-state index is 12.2. The van der Waals surface area contributed by atoms with E-state index in [2.05, 4.69) is 16.0 Å². The first-order chi connectivity index (χ1) is 10.7. The molecule has 0 unspecified atom stereocenters. The maximum Gasteiger partial charge on any atom is 0.319 e. The minimum Gasteiger partial charge on any atom is -0.352 e. The van der Waals surface area contributed by atoms with E-state index in [4.69, 9.17) is 0 Å². The number of carbonyl (C=O) groups excluding carboxylic acids is 2. The Labute approximate surface area is 136 Å². The lowest BCUT2D eigenvalue weighted by atomic mass is 10.1. The van der Waals surface area contributed by atoms with E-state index in [9.17, 15) is 18.0 Å². The van der Waals surface area contributed by atoms with Gasteiger partial charge in [0.05, 0.1) is 17.0 Å². The molecule has 1 rings (SSSR count).